The zero-order valence-corrected chi connectivity index (χ0v) is 20.5. The molecule has 2 aromatic carbocycles. The van der Waals surface area contributed by atoms with E-state index in [0.29, 0.717) is 29.4 Å². The Labute approximate surface area is 211 Å². The zero-order valence-electron chi connectivity index (χ0n) is 20.5. The number of benzene rings is 2. The molecule has 1 saturated heterocycles. The molecule has 0 spiro atoms. The predicted octanol–water partition coefficient (Wildman–Crippen LogP) is 3.31. The number of hydrogen-bond donors (Lipinski definition) is 2. The van der Waals surface area contributed by atoms with Crippen LogP contribution in [0.5, 0.6) is 0 Å². The fraction of sp³-hybridized carbons (Fsp3) is 0.308. The summed E-state index contributed by atoms with van der Waals surface area (Å²) in [6.07, 6.45) is 2.59. The van der Waals surface area contributed by atoms with E-state index >= 15 is 0 Å². The normalized spacial score (nSPS) is 15.6. The maximum Gasteiger partial charge on any atom is 0.276 e. The van der Waals surface area contributed by atoms with Gasteiger partial charge in [0.25, 0.3) is 11.5 Å². The van der Waals surface area contributed by atoms with Crippen molar-refractivity contribution in [3.63, 3.8) is 0 Å². The summed E-state index contributed by atoms with van der Waals surface area (Å²) in [5.41, 5.74) is 6.83. The van der Waals surface area contributed by atoms with Crippen LogP contribution in [0.1, 0.15) is 30.8 Å². The van der Waals surface area contributed by atoms with Crippen molar-refractivity contribution in [2.45, 2.75) is 32.9 Å². The third kappa shape index (κ3) is 4.69. The van der Waals surface area contributed by atoms with Gasteiger partial charge in [-0.2, -0.15) is 14.9 Å². The molecule has 5 rings (SSSR count). The molecule has 0 saturated carbocycles. The van der Waals surface area contributed by atoms with E-state index in [-0.39, 0.29) is 11.7 Å². The molecule has 1 amide bonds. The molecule has 9 nitrogen and oxygen atoms in total. The number of aromatic nitrogens is 4. The number of carbonyl (C=O) groups is 1. The lowest BCUT2D eigenvalue weighted by Crippen LogP contribution is -2.28. The number of anilines is 2. The van der Waals surface area contributed by atoms with Gasteiger partial charge in [0, 0.05) is 37.1 Å². The first kappa shape index (κ1) is 24.6. The third-order valence-electron chi connectivity index (χ3n) is 6.31. The average Bonchev–Trinajstić information content (AvgIpc) is 3.45. The van der Waals surface area contributed by atoms with Crippen molar-refractivity contribution in [3.05, 3.63) is 76.3 Å². The van der Waals surface area contributed by atoms with E-state index < -0.39 is 28.8 Å². The Balaban J connectivity index is 1.54. The van der Waals surface area contributed by atoms with Crippen molar-refractivity contribution in [2.75, 3.05) is 23.3 Å². The number of para-hydroxylation sites is 1. The molecule has 0 unspecified atom stereocenters. The first-order valence-corrected chi connectivity index (χ1v) is 12.1. The van der Waals surface area contributed by atoms with Crippen LogP contribution in [-0.2, 0) is 6.54 Å². The summed E-state index contributed by atoms with van der Waals surface area (Å²) in [7, 11) is 0. The second kappa shape index (κ2) is 9.74. The minimum absolute atomic E-state index is 0.00500. The van der Waals surface area contributed by atoms with Gasteiger partial charge in [-0.05, 0) is 42.7 Å². The molecular formula is C26H27F2N7O2. The second-order valence-electron chi connectivity index (χ2n) is 9.60. The van der Waals surface area contributed by atoms with Crippen molar-refractivity contribution in [1.29, 1.82) is 0 Å². The Morgan fingerprint density at radius 1 is 1.14 bits per heavy atom. The monoisotopic (exact) mass is 507 g/mol. The number of carbonyl (C=O) groups excluding carboxylic acids is 1. The van der Waals surface area contributed by atoms with E-state index in [4.69, 9.17) is 5.73 Å². The van der Waals surface area contributed by atoms with E-state index in [1.807, 2.05) is 10.7 Å². The van der Waals surface area contributed by atoms with Crippen LogP contribution >= 0.6 is 0 Å². The van der Waals surface area contributed by atoms with Gasteiger partial charge in [-0.3, -0.25) is 14.3 Å². The molecule has 2 aromatic heterocycles. The first-order valence-electron chi connectivity index (χ1n) is 12.1. The van der Waals surface area contributed by atoms with Crippen LogP contribution in [0.2, 0.25) is 0 Å². The molecule has 0 radical (unpaired) electrons. The van der Waals surface area contributed by atoms with Gasteiger partial charge >= 0.3 is 0 Å². The number of nitrogens with one attached hydrogen (secondary N) is 1. The second-order valence-corrected chi connectivity index (χ2v) is 9.60. The van der Waals surface area contributed by atoms with Crippen LogP contribution in [-0.4, -0.2) is 44.6 Å². The summed E-state index contributed by atoms with van der Waals surface area (Å²) < 4.78 is 31.1. The van der Waals surface area contributed by atoms with Crippen molar-refractivity contribution in [1.82, 2.24) is 19.6 Å². The lowest BCUT2D eigenvalue weighted by atomic mass is 10.1. The minimum Gasteiger partial charge on any atom is -0.368 e. The van der Waals surface area contributed by atoms with E-state index in [9.17, 15) is 18.4 Å². The predicted molar refractivity (Wildman–Crippen MR) is 137 cm³/mol. The highest BCUT2D eigenvalue weighted by molar-refractivity contribution is 6.08. The van der Waals surface area contributed by atoms with Gasteiger partial charge in [0.15, 0.2) is 11.6 Å². The molecule has 4 aromatic rings. The number of nitrogens with zero attached hydrogens (tertiary/aromatic N) is 5. The highest BCUT2D eigenvalue weighted by Crippen LogP contribution is 2.37. The van der Waals surface area contributed by atoms with E-state index in [1.165, 1.54) is 12.1 Å². The Hall–Kier alpha value is -4.12. The Morgan fingerprint density at radius 3 is 2.57 bits per heavy atom. The van der Waals surface area contributed by atoms with Crippen LogP contribution in [0.15, 0.2) is 53.5 Å². The fourth-order valence-electron chi connectivity index (χ4n) is 4.63. The number of rotatable bonds is 6. The third-order valence-corrected chi connectivity index (χ3v) is 6.31. The lowest BCUT2D eigenvalue weighted by molar-refractivity contribution is 0.102. The molecule has 3 N–H and O–H groups in total. The number of hydrogen-bond acceptors (Lipinski definition) is 6. The molecule has 1 aliphatic heterocycles. The molecule has 1 fully saturated rings. The van der Waals surface area contributed by atoms with Crippen molar-refractivity contribution < 1.29 is 13.6 Å². The van der Waals surface area contributed by atoms with Crippen molar-refractivity contribution >= 4 is 28.2 Å². The number of halogens is 2. The highest BCUT2D eigenvalue weighted by Gasteiger charge is 2.26. The van der Waals surface area contributed by atoms with E-state index in [2.05, 4.69) is 34.3 Å². The topological polar surface area (TPSA) is 111 Å². The molecule has 1 aliphatic rings. The maximum absolute atomic E-state index is 14.3. The van der Waals surface area contributed by atoms with Crippen LogP contribution in [0.25, 0.3) is 16.6 Å². The smallest absolute Gasteiger partial charge is 0.276 e. The standard InChI is InChI=1S/C26H27F2N7O2/c1-15(2)13-34-22-8-6-20(24(17(22)12-30-34)33-11-10-16(29)14-33)31-26(37)21-7-9-23(36)35(32-21)25-18(27)4-3-5-19(25)28/h3-9,12,15-16H,10-11,13-14,29H2,1-2H3,(H,31,37)/t16-/m1/s1. The van der Waals surface area contributed by atoms with Crippen molar-refractivity contribution in [2.24, 2.45) is 11.7 Å². The van der Waals surface area contributed by atoms with Crippen LogP contribution in [0.3, 0.4) is 0 Å². The van der Waals surface area contributed by atoms with Gasteiger partial charge in [-0.15, -0.1) is 0 Å². The molecule has 1 atom stereocenters. The van der Waals surface area contributed by atoms with Crippen molar-refractivity contribution in [3.8, 4) is 5.69 Å². The molecule has 37 heavy (non-hydrogen) atoms. The minimum atomic E-state index is -0.969. The summed E-state index contributed by atoms with van der Waals surface area (Å²) in [6.45, 7) is 6.30. The Bertz CT molecular complexity index is 1530. The number of nitrogens with two attached hydrogens (primary N) is 1. The van der Waals surface area contributed by atoms with E-state index in [0.717, 1.165) is 47.8 Å². The van der Waals surface area contributed by atoms with Gasteiger partial charge in [0.2, 0.25) is 0 Å². The van der Waals surface area contributed by atoms with E-state index in [1.54, 1.807) is 12.3 Å². The number of amides is 1. The lowest BCUT2D eigenvalue weighted by Gasteiger charge is -2.23. The van der Waals surface area contributed by atoms with Crippen LogP contribution in [0.4, 0.5) is 20.2 Å². The summed E-state index contributed by atoms with van der Waals surface area (Å²) in [5, 5.41) is 12.3. The Kier molecular flexibility index (Phi) is 6.46. The molecule has 3 heterocycles. The van der Waals surface area contributed by atoms with Crippen LogP contribution in [0, 0.1) is 17.6 Å². The average molecular weight is 508 g/mol. The van der Waals surface area contributed by atoms with Crippen LogP contribution < -0.4 is 21.5 Å². The zero-order chi connectivity index (χ0) is 26.3. The van der Waals surface area contributed by atoms with Gasteiger partial charge in [0.1, 0.15) is 11.4 Å². The number of fused-ring (bicyclic) bond motifs is 1. The fourth-order valence-corrected chi connectivity index (χ4v) is 4.63. The highest BCUT2D eigenvalue weighted by atomic mass is 19.1. The van der Waals surface area contributed by atoms with Gasteiger partial charge in [0.05, 0.1) is 23.1 Å². The summed E-state index contributed by atoms with van der Waals surface area (Å²) in [4.78, 5) is 27.7. The molecule has 0 bridgehead atoms. The molecular weight excluding hydrogens is 480 g/mol. The first-order chi connectivity index (χ1) is 17.7. The maximum atomic E-state index is 14.3. The largest absolute Gasteiger partial charge is 0.368 e. The van der Waals surface area contributed by atoms with Gasteiger partial charge in [-0.1, -0.05) is 19.9 Å². The molecule has 192 valence electrons. The summed E-state index contributed by atoms with van der Waals surface area (Å²) >= 11 is 0. The van der Waals surface area contributed by atoms with Gasteiger partial charge < -0.3 is 16.0 Å². The summed E-state index contributed by atoms with van der Waals surface area (Å²) in [5.74, 6) is -2.18. The summed E-state index contributed by atoms with van der Waals surface area (Å²) in [6, 6.07) is 9.17. The van der Waals surface area contributed by atoms with Gasteiger partial charge in [-0.25, -0.2) is 8.78 Å². The molecule has 0 aliphatic carbocycles. The quantitative estimate of drug-likeness (QED) is 0.414. The Morgan fingerprint density at radius 2 is 1.89 bits per heavy atom. The SMILES string of the molecule is CC(C)Cn1ncc2c(N3CC[C@@H](N)C3)c(NC(=O)c3ccc(=O)n(-c4c(F)cccc4F)n3)ccc21. The molecule has 11 heteroatoms.